The third kappa shape index (κ3) is 43.5. The lowest BCUT2D eigenvalue weighted by molar-refractivity contribution is -0.146. The summed E-state index contributed by atoms with van der Waals surface area (Å²) in [5.41, 5.74) is -1.01. The lowest BCUT2D eigenvalue weighted by atomic mass is 9.99. The molecule has 0 aromatic carbocycles. The number of carbonyl (C=O) groups is 2. The van der Waals surface area contributed by atoms with Crippen molar-refractivity contribution < 1.29 is 24.2 Å². The van der Waals surface area contributed by atoms with Crippen LogP contribution in [0.3, 0.4) is 0 Å². The van der Waals surface area contributed by atoms with Crippen LogP contribution < -0.4 is 0 Å². The van der Waals surface area contributed by atoms with Crippen LogP contribution in [0, 0.1) is 0 Å². The van der Waals surface area contributed by atoms with Crippen molar-refractivity contribution in [1.29, 1.82) is 0 Å². The molecule has 0 bridgehead atoms. The molecular weight excluding hydrogens is 657 g/mol. The van der Waals surface area contributed by atoms with E-state index in [4.69, 9.17) is 9.47 Å². The fourth-order valence-corrected chi connectivity index (χ4v) is 7.38. The summed E-state index contributed by atoms with van der Waals surface area (Å²) in [6.07, 6.45) is 49.6. The molecule has 0 unspecified atom stereocenters. The van der Waals surface area contributed by atoms with E-state index in [1.54, 1.807) is 6.92 Å². The third-order valence-corrected chi connectivity index (χ3v) is 11.3. The fourth-order valence-electron chi connectivity index (χ4n) is 7.38. The highest BCUT2D eigenvalue weighted by Crippen LogP contribution is 2.18. The van der Waals surface area contributed by atoms with Crippen LogP contribution in [0.2, 0.25) is 0 Å². The Bertz CT molecular complexity index is 690. The summed E-state index contributed by atoms with van der Waals surface area (Å²) in [6, 6.07) is 0. The molecule has 0 aliphatic heterocycles. The van der Waals surface area contributed by atoms with Crippen LogP contribution in [0.5, 0.6) is 0 Å². The second-order valence-electron chi connectivity index (χ2n) is 17.0. The molecule has 0 heterocycles. The Balaban J connectivity index is 3.44. The number of hydrogen-bond acceptors (Lipinski definition) is 5. The Labute approximate surface area is 331 Å². The van der Waals surface area contributed by atoms with Crippen molar-refractivity contribution in [2.75, 3.05) is 13.2 Å². The second kappa shape index (κ2) is 42.1. The molecular formula is C48H94O5. The summed E-state index contributed by atoms with van der Waals surface area (Å²) < 4.78 is 10.8. The van der Waals surface area contributed by atoms with Gasteiger partial charge in [0.15, 0.2) is 0 Å². The zero-order valence-electron chi connectivity index (χ0n) is 36.3. The minimum absolute atomic E-state index is 0.173. The van der Waals surface area contributed by atoms with E-state index in [2.05, 4.69) is 13.8 Å². The van der Waals surface area contributed by atoms with Crippen LogP contribution >= 0.6 is 0 Å². The molecule has 316 valence electrons. The molecule has 0 aliphatic rings. The molecule has 0 atom stereocenters. The standard InChI is InChI=1S/C48H94O5/c1-4-6-8-10-12-14-16-18-20-22-24-26-28-30-32-34-36-38-40-46(49)52-44-42-48(3,51)43-45-53-47(50)41-39-37-35-33-31-29-27-25-23-21-19-17-15-13-11-9-7-5-2/h51H,4-45H2,1-3H3. The number of carbonyl (C=O) groups excluding carboxylic acids is 2. The van der Waals surface area contributed by atoms with Crippen molar-refractivity contribution >= 4 is 11.9 Å². The molecule has 0 aromatic rings. The van der Waals surface area contributed by atoms with Gasteiger partial charge in [0.1, 0.15) is 0 Å². The quantitative estimate of drug-likeness (QED) is 0.0496. The molecule has 0 aromatic heterocycles. The number of ether oxygens (including phenoxy) is 2. The van der Waals surface area contributed by atoms with Crippen LogP contribution in [0.25, 0.3) is 0 Å². The van der Waals surface area contributed by atoms with Gasteiger partial charge in [0, 0.05) is 25.7 Å². The molecule has 53 heavy (non-hydrogen) atoms. The summed E-state index contributed by atoms with van der Waals surface area (Å²) in [6.45, 7) is 6.71. The SMILES string of the molecule is CCCCCCCCCCCCCCCCCCCCC(=O)OCCC(C)(O)CCOC(=O)CCCCCCCCCCCCCCCCCCCC. The molecule has 5 heteroatoms. The molecule has 0 spiro atoms. The molecule has 1 N–H and O–H groups in total. The van der Waals surface area contributed by atoms with Crippen LogP contribution in [0.4, 0.5) is 0 Å². The van der Waals surface area contributed by atoms with Crippen LogP contribution in [0.15, 0.2) is 0 Å². The van der Waals surface area contributed by atoms with Crippen LogP contribution in [0.1, 0.15) is 278 Å². The molecule has 0 saturated carbocycles. The molecule has 0 rings (SSSR count). The van der Waals surface area contributed by atoms with E-state index < -0.39 is 5.60 Å². The Morgan fingerprint density at radius 3 is 0.755 bits per heavy atom. The summed E-state index contributed by atoms with van der Waals surface area (Å²) in [5.74, 6) is -0.346. The van der Waals surface area contributed by atoms with E-state index in [1.165, 1.54) is 205 Å². The van der Waals surface area contributed by atoms with E-state index in [0.717, 1.165) is 25.7 Å². The predicted octanol–water partition coefficient (Wildman–Crippen LogP) is 15.5. The van der Waals surface area contributed by atoms with Gasteiger partial charge in [-0.3, -0.25) is 9.59 Å². The monoisotopic (exact) mass is 751 g/mol. The summed E-state index contributed by atoms with van der Waals surface area (Å²) in [4.78, 5) is 24.3. The third-order valence-electron chi connectivity index (χ3n) is 11.3. The Morgan fingerprint density at radius 1 is 0.358 bits per heavy atom. The van der Waals surface area contributed by atoms with E-state index in [9.17, 15) is 14.7 Å². The Morgan fingerprint density at radius 2 is 0.547 bits per heavy atom. The molecule has 0 aliphatic carbocycles. The summed E-state index contributed by atoms with van der Waals surface area (Å²) in [5, 5.41) is 10.6. The first-order valence-electron chi connectivity index (χ1n) is 23.9. The highest BCUT2D eigenvalue weighted by atomic mass is 16.5. The van der Waals surface area contributed by atoms with Crippen molar-refractivity contribution in [3.8, 4) is 0 Å². The van der Waals surface area contributed by atoms with Crippen molar-refractivity contribution in [3.63, 3.8) is 0 Å². The minimum atomic E-state index is -1.01. The minimum Gasteiger partial charge on any atom is -0.466 e. The predicted molar refractivity (Wildman–Crippen MR) is 229 cm³/mol. The average molecular weight is 751 g/mol. The molecule has 0 saturated heterocycles. The Hall–Kier alpha value is -1.10. The first-order valence-corrected chi connectivity index (χ1v) is 23.9. The van der Waals surface area contributed by atoms with Gasteiger partial charge in [-0.15, -0.1) is 0 Å². The van der Waals surface area contributed by atoms with Crippen molar-refractivity contribution in [2.24, 2.45) is 0 Å². The highest BCUT2D eigenvalue weighted by Gasteiger charge is 2.21. The number of unbranched alkanes of at least 4 members (excludes halogenated alkanes) is 34. The molecule has 0 fully saturated rings. The van der Waals surface area contributed by atoms with E-state index in [-0.39, 0.29) is 25.2 Å². The van der Waals surface area contributed by atoms with Gasteiger partial charge in [-0.25, -0.2) is 0 Å². The van der Waals surface area contributed by atoms with Gasteiger partial charge >= 0.3 is 11.9 Å². The van der Waals surface area contributed by atoms with Gasteiger partial charge in [-0.1, -0.05) is 232 Å². The topological polar surface area (TPSA) is 72.8 Å². The fraction of sp³-hybridized carbons (Fsp3) is 0.958. The van der Waals surface area contributed by atoms with Gasteiger partial charge in [0.2, 0.25) is 0 Å². The number of aliphatic hydroxyl groups is 1. The second-order valence-corrected chi connectivity index (χ2v) is 17.0. The highest BCUT2D eigenvalue weighted by molar-refractivity contribution is 5.69. The first-order chi connectivity index (χ1) is 25.9. The van der Waals surface area contributed by atoms with E-state index in [1.807, 2.05) is 0 Å². The lowest BCUT2D eigenvalue weighted by Crippen LogP contribution is -2.29. The zero-order chi connectivity index (χ0) is 38.8. The largest absolute Gasteiger partial charge is 0.466 e. The smallest absolute Gasteiger partial charge is 0.305 e. The maximum atomic E-state index is 12.1. The van der Waals surface area contributed by atoms with Crippen molar-refractivity contribution in [2.45, 2.75) is 283 Å². The first kappa shape index (κ1) is 51.9. The number of rotatable bonds is 44. The maximum Gasteiger partial charge on any atom is 0.305 e. The van der Waals surface area contributed by atoms with Crippen molar-refractivity contribution in [1.82, 2.24) is 0 Å². The van der Waals surface area contributed by atoms with Crippen LogP contribution in [-0.2, 0) is 19.1 Å². The van der Waals surface area contributed by atoms with E-state index >= 15 is 0 Å². The average Bonchev–Trinajstić information content (AvgIpc) is 3.13. The van der Waals surface area contributed by atoms with Gasteiger partial charge in [0.05, 0.1) is 18.8 Å². The van der Waals surface area contributed by atoms with Crippen molar-refractivity contribution in [3.05, 3.63) is 0 Å². The van der Waals surface area contributed by atoms with E-state index in [0.29, 0.717) is 25.7 Å². The normalized spacial score (nSPS) is 11.7. The van der Waals surface area contributed by atoms with Gasteiger partial charge in [-0.05, 0) is 19.8 Å². The number of esters is 2. The Kier molecular flexibility index (Phi) is 41.2. The summed E-state index contributed by atoms with van der Waals surface area (Å²) in [7, 11) is 0. The summed E-state index contributed by atoms with van der Waals surface area (Å²) >= 11 is 0. The number of hydrogen-bond donors (Lipinski definition) is 1. The van der Waals surface area contributed by atoms with Gasteiger partial charge in [-0.2, -0.15) is 0 Å². The molecule has 0 radical (unpaired) electrons. The van der Waals surface area contributed by atoms with Gasteiger partial charge < -0.3 is 14.6 Å². The zero-order valence-corrected chi connectivity index (χ0v) is 36.3. The lowest BCUT2D eigenvalue weighted by Gasteiger charge is -2.22. The molecule has 5 nitrogen and oxygen atoms in total. The molecule has 0 amide bonds. The van der Waals surface area contributed by atoms with Crippen LogP contribution in [-0.4, -0.2) is 35.9 Å². The maximum absolute atomic E-state index is 12.1. The van der Waals surface area contributed by atoms with Gasteiger partial charge in [0.25, 0.3) is 0 Å².